The first-order valence-corrected chi connectivity index (χ1v) is 5.83. The summed E-state index contributed by atoms with van der Waals surface area (Å²) in [4.78, 5) is 11.9. The number of benzene rings is 1. The van der Waals surface area contributed by atoms with Gasteiger partial charge in [0.05, 0.1) is 10.6 Å². The Kier molecular flexibility index (Phi) is 2.62. The van der Waals surface area contributed by atoms with Gasteiger partial charge in [0, 0.05) is 0 Å². The molecule has 5 heteroatoms. The minimum absolute atomic E-state index is 0.0683. The molecule has 2 rings (SSSR count). The van der Waals surface area contributed by atoms with Gasteiger partial charge >= 0.3 is 0 Å². The lowest BCUT2D eigenvalue weighted by Crippen LogP contribution is -2.36. The van der Waals surface area contributed by atoms with Crippen LogP contribution in [-0.2, 0) is 0 Å². The highest BCUT2D eigenvalue weighted by Crippen LogP contribution is 2.41. The van der Waals surface area contributed by atoms with Gasteiger partial charge in [0.2, 0.25) is 0 Å². The van der Waals surface area contributed by atoms with E-state index in [0.29, 0.717) is 16.3 Å². The molecule has 0 saturated heterocycles. The van der Waals surface area contributed by atoms with Crippen LogP contribution in [0.3, 0.4) is 0 Å². The molecule has 14 heavy (non-hydrogen) atoms. The van der Waals surface area contributed by atoms with Crippen LogP contribution in [0.5, 0.6) is 5.75 Å². The van der Waals surface area contributed by atoms with E-state index in [9.17, 15) is 4.79 Å². The molecular formula is C9H5Br2ClO2. The second-order valence-electron chi connectivity index (χ2n) is 2.94. The molecule has 2 nitrogen and oxygen atoms in total. The van der Waals surface area contributed by atoms with E-state index in [1.165, 1.54) is 0 Å². The summed E-state index contributed by atoms with van der Waals surface area (Å²) in [6.45, 7) is 0.225. The molecule has 0 unspecified atom stereocenters. The number of fused-ring (bicyclic) bond motifs is 1. The number of hydrogen-bond acceptors (Lipinski definition) is 2. The highest BCUT2D eigenvalue weighted by molar-refractivity contribution is 9.26. The molecule has 74 valence electrons. The largest absolute Gasteiger partial charge is 0.488 e. The molecule has 1 aromatic carbocycles. The summed E-state index contributed by atoms with van der Waals surface area (Å²) in [5.74, 6) is 0.398. The first kappa shape index (κ1) is 10.5. The van der Waals surface area contributed by atoms with E-state index in [2.05, 4.69) is 31.9 Å². The van der Waals surface area contributed by atoms with Crippen molar-refractivity contribution in [1.29, 1.82) is 0 Å². The zero-order valence-corrected chi connectivity index (χ0v) is 10.8. The number of halogens is 3. The molecule has 0 amide bonds. The number of ketones is 1. The zero-order valence-electron chi connectivity index (χ0n) is 6.89. The number of carbonyl (C=O) groups is 1. The molecular weight excluding hydrogens is 335 g/mol. The summed E-state index contributed by atoms with van der Waals surface area (Å²) in [6, 6.07) is 5.12. The molecule has 1 aliphatic rings. The zero-order chi connectivity index (χ0) is 10.3. The summed E-state index contributed by atoms with van der Waals surface area (Å²) in [7, 11) is 0. The van der Waals surface area contributed by atoms with E-state index < -0.39 is 3.23 Å². The molecule has 0 saturated carbocycles. The van der Waals surface area contributed by atoms with Gasteiger partial charge in [-0.2, -0.15) is 0 Å². The standard InChI is InChI=1S/C9H5Br2ClO2/c10-9(11)4-14-7-5(8(9)13)2-1-3-6(7)12/h1-3H,4H2. The van der Waals surface area contributed by atoms with Crippen molar-refractivity contribution in [2.45, 2.75) is 3.23 Å². The smallest absolute Gasteiger partial charge is 0.197 e. The van der Waals surface area contributed by atoms with E-state index >= 15 is 0 Å². The van der Waals surface area contributed by atoms with E-state index in [0.717, 1.165) is 0 Å². The number of para-hydroxylation sites is 1. The van der Waals surface area contributed by atoms with Gasteiger partial charge in [0.1, 0.15) is 12.4 Å². The fourth-order valence-electron chi connectivity index (χ4n) is 1.26. The molecule has 0 aliphatic carbocycles. The van der Waals surface area contributed by atoms with Crippen molar-refractivity contribution in [3.63, 3.8) is 0 Å². The molecule has 1 aromatic rings. The molecule has 1 heterocycles. The molecule has 0 aromatic heterocycles. The van der Waals surface area contributed by atoms with Crippen LogP contribution in [0.1, 0.15) is 10.4 Å². The maximum absolute atomic E-state index is 11.9. The van der Waals surface area contributed by atoms with Gasteiger partial charge in [-0.15, -0.1) is 0 Å². The number of Topliss-reactive ketones (excluding diaryl/α,β-unsaturated/α-hetero) is 1. The van der Waals surface area contributed by atoms with Crippen molar-refractivity contribution in [1.82, 2.24) is 0 Å². The maximum atomic E-state index is 11.9. The first-order chi connectivity index (χ1) is 6.52. The van der Waals surface area contributed by atoms with Crippen molar-refractivity contribution in [3.8, 4) is 5.75 Å². The summed E-state index contributed by atoms with van der Waals surface area (Å²) in [5, 5.41) is 0.464. The van der Waals surface area contributed by atoms with Crippen LogP contribution >= 0.6 is 43.5 Å². The Labute approximate surface area is 103 Å². The lowest BCUT2D eigenvalue weighted by atomic mass is 10.1. The monoisotopic (exact) mass is 338 g/mol. The second kappa shape index (κ2) is 3.51. The Balaban J connectivity index is 2.57. The van der Waals surface area contributed by atoms with E-state index in [1.807, 2.05) is 0 Å². The minimum atomic E-state index is -0.822. The van der Waals surface area contributed by atoms with Gasteiger partial charge in [-0.05, 0) is 12.1 Å². The van der Waals surface area contributed by atoms with Crippen molar-refractivity contribution in [2.75, 3.05) is 6.61 Å². The molecule has 0 atom stereocenters. The summed E-state index contributed by atoms with van der Waals surface area (Å²) in [6.07, 6.45) is 0. The van der Waals surface area contributed by atoms with Crippen LogP contribution in [0, 0.1) is 0 Å². The predicted octanol–water partition coefficient (Wildman–Crippen LogP) is 3.40. The number of hydrogen-bond donors (Lipinski definition) is 0. The third kappa shape index (κ3) is 1.59. The predicted molar refractivity (Wildman–Crippen MR) is 61.9 cm³/mol. The van der Waals surface area contributed by atoms with Crippen LogP contribution < -0.4 is 4.74 Å². The number of ether oxygens (including phenoxy) is 1. The normalized spacial score (nSPS) is 18.6. The SMILES string of the molecule is O=C1c2cccc(Cl)c2OCC1(Br)Br. The second-order valence-corrected chi connectivity index (χ2v) is 7.12. The number of carbonyl (C=O) groups excluding carboxylic acids is 1. The lowest BCUT2D eigenvalue weighted by Gasteiger charge is -2.27. The van der Waals surface area contributed by atoms with Gasteiger partial charge in [-0.1, -0.05) is 49.5 Å². The quantitative estimate of drug-likeness (QED) is 0.677. The maximum Gasteiger partial charge on any atom is 0.197 e. The third-order valence-corrected chi connectivity index (χ3v) is 3.42. The molecule has 0 fully saturated rings. The van der Waals surface area contributed by atoms with E-state index in [4.69, 9.17) is 16.3 Å². The van der Waals surface area contributed by atoms with Crippen LogP contribution in [0.15, 0.2) is 18.2 Å². The summed E-state index contributed by atoms with van der Waals surface area (Å²) >= 11 is 12.4. The Bertz CT molecular complexity index is 404. The van der Waals surface area contributed by atoms with Gasteiger partial charge in [0.15, 0.2) is 9.02 Å². The van der Waals surface area contributed by atoms with Crippen molar-refractivity contribution in [2.24, 2.45) is 0 Å². The molecule has 1 aliphatic heterocycles. The van der Waals surface area contributed by atoms with Crippen molar-refractivity contribution < 1.29 is 9.53 Å². The van der Waals surface area contributed by atoms with Crippen molar-refractivity contribution in [3.05, 3.63) is 28.8 Å². The lowest BCUT2D eigenvalue weighted by molar-refractivity contribution is 0.0933. The van der Waals surface area contributed by atoms with E-state index in [-0.39, 0.29) is 12.4 Å². The average molecular weight is 340 g/mol. The highest BCUT2D eigenvalue weighted by Gasteiger charge is 2.40. The average Bonchev–Trinajstić information content (AvgIpc) is 2.13. The first-order valence-electron chi connectivity index (χ1n) is 3.86. The summed E-state index contributed by atoms with van der Waals surface area (Å²) in [5.41, 5.74) is 0.498. The molecule has 0 N–H and O–H groups in total. The van der Waals surface area contributed by atoms with Gasteiger partial charge in [-0.25, -0.2) is 0 Å². The van der Waals surface area contributed by atoms with Crippen LogP contribution in [0.25, 0.3) is 0 Å². The topological polar surface area (TPSA) is 26.3 Å². The van der Waals surface area contributed by atoms with Gasteiger partial charge in [-0.3, -0.25) is 4.79 Å². The molecule has 0 spiro atoms. The minimum Gasteiger partial charge on any atom is -0.488 e. The number of rotatable bonds is 0. The summed E-state index contributed by atoms with van der Waals surface area (Å²) < 4.78 is 4.57. The van der Waals surface area contributed by atoms with Crippen LogP contribution in [0.2, 0.25) is 5.02 Å². The Hall–Kier alpha value is -0.0600. The van der Waals surface area contributed by atoms with E-state index in [1.54, 1.807) is 18.2 Å². The molecule has 0 radical (unpaired) electrons. The van der Waals surface area contributed by atoms with Crippen molar-refractivity contribution >= 4 is 49.2 Å². The Morgan fingerprint density at radius 2 is 2.14 bits per heavy atom. The number of alkyl halides is 2. The highest BCUT2D eigenvalue weighted by atomic mass is 79.9. The fraction of sp³-hybridized carbons (Fsp3) is 0.222. The Morgan fingerprint density at radius 1 is 1.43 bits per heavy atom. The Morgan fingerprint density at radius 3 is 2.86 bits per heavy atom. The van der Waals surface area contributed by atoms with Crippen LogP contribution in [-0.4, -0.2) is 15.6 Å². The van der Waals surface area contributed by atoms with Gasteiger partial charge in [0.25, 0.3) is 0 Å². The van der Waals surface area contributed by atoms with Gasteiger partial charge < -0.3 is 4.74 Å². The fourth-order valence-corrected chi connectivity index (χ4v) is 2.14. The van der Waals surface area contributed by atoms with Crippen LogP contribution in [0.4, 0.5) is 0 Å². The third-order valence-electron chi connectivity index (χ3n) is 1.94. The molecule has 0 bridgehead atoms.